The Bertz CT molecular complexity index is 686. The van der Waals surface area contributed by atoms with Gasteiger partial charge in [-0.1, -0.05) is 47.7 Å². The van der Waals surface area contributed by atoms with Gasteiger partial charge in [0.25, 0.3) is 0 Å². The van der Waals surface area contributed by atoms with E-state index >= 15 is 0 Å². The molecule has 22 heavy (non-hydrogen) atoms. The standard InChI is InChI=1S/C17H19N3OS/c1-3-10-20-16(14-8-9-14)18-19-17(20)22-11-15(21)13-6-4-12(2)5-7-13/h3-7,14H,1,8-11H2,2H3. The van der Waals surface area contributed by atoms with Gasteiger partial charge in [0.15, 0.2) is 10.9 Å². The van der Waals surface area contributed by atoms with Crippen LogP contribution >= 0.6 is 11.8 Å². The number of hydrogen-bond acceptors (Lipinski definition) is 4. The largest absolute Gasteiger partial charge is 0.302 e. The summed E-state index contributed by atoms with van der Waals surface area (Å²) in [6.45, 7) is 6.50. The number of hydrogen-bond donors (Lipinski definition) is 0. The van der Waals surface area contributed by atoms with Crippen molar-refractivity contribution in [2.24, 2.45) is 0 Å². The predicted molar refractivity (Wildman–Crippen MR) is 88.4 cm³/mol. The molecule has 0 bridgehead atoms. The molecule has 1 aliphatic rings. The van der Waals surface area contributed by atoms with Gasteiger partial charge in [0.05, 0.1) is 5.75 Å². The summed E-state index contributed by atoms with van der Waals surface area (Å²) in [5, 5.41) is 9.35. The van der Waals surface area contributed by atoms with Crippen molar-refractivity contribution in [2.45, 2.75) is 37.4 Å². The maximum Gasteiger partial charge on any atom is 0.191 e. The van der Waals surface area contributed by atoms with Crippen LogP contribution in [0, 0.1) is 6.92 Å². The minimum Gasteiger partial charge on any atom is -0.302 e. The van der Waals surface area contributed by atoms with Crippen LogP contribution in [0.3, 0.4) is 0 Å². The van der Waals surface area contributed by atoms with Crippen LogP contribution in [0.2, 0.25) is 0 Å². The molecule has 1 aromatic heterocycles. The molecular weight excluding hydrogens is 294 g/mol. The van der Waals surface area contributed by atoms with Gasteiger partial charge in [-0.3, -0.25) is 4.79 Å². The van der Waals surface area contributed by atoms with Crippen LogP contribution in [0.4, 0.5) is 0 Å². The van der Waals surface area contributed by atoms with E-state index in [2.05, 4.69) is 21.3 Å². The van der Waals surface area contributed by atoms with Crippen molar-refractivity contribution in [3.8, 4) is 0 Å². The van der Waals surface area contributed by atoms with Gasteiger partial charge in [0.1, 0.15) is 5.82 Å². The Hall–Kier alpha value is -1.88. The minimum atomic E-state index is 0.117. The fourth-order valence-electron chi connectivity index (χ4n) is 2.30. The summed E-state index contributed by atoms with van der Waals surface area (Å²) in [5.74, 6) is 2.06. The Morgan fingerprint density at radius 2 is 2.09 bits per heavy atom. The normalized spacial score (nSPS) is 14.0. The highest BCUT2D eigenvalue weighted by Gasteiger charge is 2.30. The number of aryl methyl sites for hydroxylation is 1. The van der Waals surface area contributed by atoms with E-state index in [0.717, 1.165) is 22.1 Å². The topological polar surface area (TPSA) is 47.8 Å². The second-order valence-electron chi connectivity index (χ2n) is 5.59. The molecular formula is C17H19N3OS. The lowest BCUT2D eigenvalue weighted by Crippen LogP contribution is -2.06. The van der Waals surface area contributed by atoms with Crippen LogP contribution in [0.15, 0.2) is 42.1 Å². The Kier molecular flexibility index (Phi) is 4.43. The molecule has 3 rings (SSSR count). The van der Waals surface area contributed by atoms with E-state index in [9.17, 15) is 4.79 Å². The monoisotopic (exact) mass is 313 g/mol. The van der Waals surface area contributed by atoms with E-state index in [1.807, 2.05) is 37.3 Å². The number of thioether (sulfide) groups is 1. The zero-order chi connectivity index (χ0) is 15.5. The number of benzene rings is 1. The molecule has 0 aliphatic heterocycles. The number of aromatic nitrogens is 3. The first-order chi connectivity index (χ1) is 10.7. The molecule has 0 radical (unpaired) electrons. The summed E-state index contributed by atoms with van der Waals surface area (Å²) in [6.07, 6.45) is 4.21. The molecule has 114 valence electrons. The van der Waals surface area contributed by atoms with Crippen LogP contribution in [-0.4, -0.2) is 26.3 Å². The van der Waals surface area contributed by atoms with Gasteiger partial charge in [0.2, 0.25) is 0 Å². The summed E-state index contributed by atoms with van der Waals surface area (Å²) < 4.78 is 2.08. The summed E-state index contributed by atoms with van der Waals surface area (Å²) in [6, 6.07) is 7.68. The van der Waals surface area contributed by atoms with Crippen molar-refractivity contribution in [1.29, 1.82) is 0 Å². The summed E-state index contributed by atoms with van der Waals surface area (Å²) in [4.78, 5) is 12.3. The smallest absolute Gasteiger partial charge is 0.191 e. The lowest BCUT2D eigenvalue weighted by molar-refractivity contribution is 0.102. The van der Waals surface area contributed by atoms with Crippen molar-refractivity contribution in [1.82, 2.24) is 14.8 Å². The minimum absolute atomic E-state index is 0.117. The van der Waals surface area contributed by atoms with Crippen LogP contribution in [0.5, 0.6) is 0 Å². The second-order valence-corrected chi connectivity index (χ2v) is 6.53. The number of carbonyl (C=O) groups excluding carboxylic acids is 1. The van der Waals surface area contributed by atoms with E-state index in [1.54, 1.807) is 0 Å². The van der Waals surface area contributed by atoms with Gasteiger partial charge in [-0.15, -0.1) is 16.8 Å². The second kappa shape index (κ2) is 6.48. The number of rotatable bonds is 7. The lowest BCUT2D eigenvalue weighted by Gasteiger charge is -2.06. The molecule has 0 saturated heterocycles. The van der Waals surface area contributed by atoms with Crippen molar-refractivity contribution in [2.75, 3.05) is 5.75 Å². The first kappa shape index (κ1) is 15.0. The predicted octanol–water partition coefficient (Wildman–Crippen LogP) is 3.62. The molecule has 0 amide bonds. The van der Waals surface area contributed by atoms with Gasteiger partial charge in [0, 0.05) is 18.0 Å². The van der Waals surface area contributed by atoms with Crippen molar-refractivity contribution < 1.29 is 4.79 Å². The first-order valence-corrected chi connectivity index (χ1v) is 8.44. The highest BCUT2D eigenvalue weighted by atomic mass is 32.2. The van der Waals surface area contributed by atoms with E-state index in [1.165, 1.54) is 24.6 Å². The van der Waals surface area contributed by atoms with Gasteiger partial charge in [-0.25, -0.2) is 0 Å². The Morgan fingerprint density at radius 3 is 2.73 bits per heavy atom. The molecule has 0 N–H and O–H groups in total. The maximum absolute atomic E-state index is 12.3. The summed E-state index contributed by atoms with van der Waals surface area (Å²) in [7, 11) is 0. The molecule has 4 nitrogen and oxygen atoms in total. The highest BCUT2D eigenvalue weighted by Crippen LogP contribution is 2.40. The summed E-state index contributed by atoms with van der Waals surface area (Å²) in [5.41, 5.74) is 1.90. The SMILES string of the molecule is C=CCn1c(SCC(=O)c2ccc(C)cc2)nnc1C1CC1. The van der Waals surface area contributed by atoms with Crippen LogP contribution in [-0.2, 0) is 6.54 Å². The number of ketones is 1. The number of Topliss-reactive ketones (excluding diaryl/α,β-unsaturated/α-hetero) is 1. The fraction of sp³-hybridized carbons (Fsp3) is 0.353. The summed E-state index contributed by atoms with van der Waals surface area (Å²) >= 11 is 1.45. The Balaban J connectivity index is 1.69. The Labute approximate surface area is 134 Å². The molecule has 1 fully saturated rings. The van der Waals surface area contributed by atoms with E-state index in [0.29, 0.717) is 18.2 Å². The van der Waals surface area contributed by atoms with Crippen LogP contribution in [0.1, 0.15) is 40.5 Å². The highest BCUT2D eigenvalue weighted by molar-refractivity contribution is 7.99. The van der Waals surface area contributed by atoms with Crippen molar-refractivity contribution >= 4 is 17.5 Å². The fourth-order valence-corrected chi connectivity index (χ4v) is 3.15. The molecule has 1 aromatic carbocycles. The average molecular weight is 313 g/mol. The number of allylic oxidation sites excluding steroid dienone is 1. The molecule has 2 aromatic rings. The van der Waals surface area contributed by atoms with Crippen LogP contribution < -0.4 is 0 Å². The van der Waals surface area contributed by atoms with E-state index < -0.39 is 0 Å². The Morgan fingerprint density at radius 1 is 1.36 bits per heavy atom. The molecule has 0 unspecified atom stereocenters. The number of carbonyl (C=O) groups is 1. The molecule has 1 heterocycles. The third-order valence-corrected chi connectivity index (χ3v) is 4.67. The van der Waals surface area contributed by atoms with Crippen molar-refractivity contribution in [3.05, 3.63) is 53.9 Å². The molecule has 1 aliphatic carbocycles. The third-order valence-electron chi connectivity index (χ3n) is 3.71. The zero-order valence-corrected chi connectivity index (χ0v) is 13.5. The van der Waals surface area contributed by atoms with Crippen LogP contribution in [0.25, 0.3) is 0 Å². The average Bonchev–Trinajstić information content (AvgIpc) is 3.29. The van der Waals surface area contributed by atoms with Gasteiger partial charge >= 0.3 is 0 Å². The maximum atomic E-state index is 12.3. The van der Waals surface area contributed by atoms with Gasteiger partial charge < -0.3 is 4.57 Å². The molecule has 0 spiro atoms. The van der Waals surface area contributed by atoms with E-state index in [4.69, 9.17) is 0 Å². The zero-order valence-electron chi connectivity index (χ0n) is 12.7. The molecule has 5 heteroatoms. The van der Waals surface area contributed by atoms with Gasteiger partial charge in [-0.2, -0.15) is 0 Å². The number of nitrogens with zero attached hydrogens (tertiary/aromatic N) is 3. The van der Waals surface area contributed by atoms with Gasteiger partial charge in [-0.05, 0) is 19.8 Å². The van der Waals surface area contributed by atoms with E-state index in [-0.39, 0.29) is 5.78 Å². The molecule has 1 saturated carbocycles. The van der Waals surface area contributed by atoms with Crippen molar-refractivity contribution in [3.63, 3.8) is 0 Å². The quantitative estimate of drug-likeness (QED) is 0.445. The first-order valence-electron chi connectivity index (χ1n) is 7.45. The third kappa shape index (κ3) is 3.30. The lowest BCUT2D eigenvalue weighted by atomic mass is 10.1. The molecule has 0 atom stereocenters.